The highest BCUT2D eigenvalue weighted by molar-refractivity contribution is 6.03. The van der Waals surface area contributed by atoms with E-state index >= 15 is 0 Å². The lowest BCUT2D eigenvalue weighted by Gasteiger charge is -2.30. The van der Waals surface area contributed by atoms with Crippen molar-refractivity contribution in [1.82, 2.24) is 5.16 Å². The maximum Gasteiger partial charge on any atom is 0.350 e. The van der Waals surface area contributed by atoms with E-state index in [2.05, 4.69) is 5.16 Å². The molecule has 1 heterocycles. The van der Waals surface area contributed by atoms with Crippen LogP contribution in [0.5, 0.6) is 0 Å². The van der Waals surface area contributed by atoms with Crippen LogP contribution in [0.25, 0.3) is 0 Å². The van der Waals surface area contributed by atoms with Gasteiger partial charge in [-0.2, -0.15) is 0 Å². The van der Waals surface area contributed by atoms with Crippen LogP contribution in [-0.4, -0.2) is 53.5 Å². The van der Waals surface area contributed by atoms with Gasteiger partial charge in [0.25, 0.3) is 5.60 Å². The third kappa shape index (κ3) is 7.32. The number of esters is 3. The minimum absolute atomic E-state index is 0.0206. The molecule has 0 aromatic carbocycles. The lowest BCUT2D eigenvalue weighted by atomic mass is 9.94. The van der Waals surface area contributed by atoms with Crippen molar-refractivity contribution < 1.29 is 37.9 Å². The Labute approximate surface area is 182 Å². The summed E-state index contributed by atoms with van der Waals surface area (Å²) in [5.74, 6) is -2.00. The molecule has 0 saturated heterocycles. The Morgan fingerprint density at radius 2 is 1.61 bits per heavy atom. The molecule has 0 amide bonds. The third-order valence-electron chi connectivity index (χ3n) is 4.37. The van der Waals surface area contributed by atoms with Crippen LogP contribution in [0.15, 0.2) is 4.52 Å². The normalized spacial score (nSPS) is 12.9. The highest BCUT2D eigenvalue weighted by atomic mass is 16.6. The Morgan fingerprint density at radius 3 is 2.03 bits per heavy atom. The molecule has 176 valence electrons. The molecule has 1 rings (SSSR count). The van der Waals surface area contributed by atoms with E-state index in [1.165, 1.54) is 0 Å². The second-order valence-corrected chi connectivity index (χ2v) is 8.04. The first-order chi connectivity index (χ1) is 14.4. The molecule has 0 radical (unpaired) electrons. The summed E-state index contributed by atoms with van der Waals surface area (Å²) < 4.78 is 26.5. The summed E-state index contributed by atoms with van der Waals surface area (Å²) in [4.78, 5) is 38.0. The second-order valence-electron chi connectivity index (χ2n) is 8.04. The van der Waals surface area contributed by atoms with Gasteiger partial charge >= 0.3 is 17.9 Å². The molecule has 2 N–H and O–H groups in total. The summed E-state index contributed by atoms with van der Waals surface area (Å²) in [7, 11) is 0. The van der Waals surface area contributed by atoms with Crippen molar-refractivity contribution in [1.29, 1.82) is 0 Å². The molecule has 0 fully saturated rings. The van der Waals surface area contributed by atoms with Gasteiger partial charge in [-0.25, -0.2) is 9.59 Å². The quantitative estimate of drug-likeness (QED) is 0.308. The fourth-order valence-corrected chi connectivity index (χ4v) is 2.73. The first-order valence-electron chi connectivity index (χ1n) is 10.3. The summed E-state index contributed by atoms with van der Waals surface area (Å²) in [5, 5.41) is 3.84. The van der Waals surface area contributed by atoms with Gasteiger partial charge in [0, 0.05) is 12.0 Å². The van der Waals surface area contributed by atoms with Crippen molar-refractivity contribution in [3.63, 3.8) is 0 Å². The van der Waals surface area contributed by atoms with E-state index < -0.39 is 35.2 Å². The van der Waals surface area contributed by atoms with Crippen LogP contribution in [0.2, 0.25) is 0 Å². The van der Waals surface area contributed by atoms with E-state index in [1.54, 1.807) is 48.5 Å². The maximum absolute atomic E-state index is 12.9. The smallest absolute Gasteiger partial charge is 0.350 e. The van der Waals surface area contributed by atoms with Crippen LogP contribution in [0.4, 0.5) is 0 Å². The lowest BCUT2D eigenvalue weighted by molar-refractivity contribution is -0.194. The number of hydrogen-bond acceptors (Lipinski definition) is 10. The molecule has 0 aliphatic carbocycles. The van der Waals surface area contributed by atoms with Gasteiger partial charge in [0.1, 0.15) is 17.4 Å². The molecule has 1 atom stereocenters. The molecule has 1 aromatic rings. The van der Waals surface area contributed by atoms with Crippen LogP contribution < -0.4 is 5.73 Å². The Kier molecular flexibility index (Phi) is 9.64. The summed E-state index contributed by atoms with van der Waals surface area (Å²) in [6, 6.07) is -1.08. The van der Waals surface area contributed by atoms with E-state index in [1.807, 2.05) is 0 Å². The van der Waals surface area contributed by atoms with Gasteiger partial charge in [-0.15, -0.1) is 0 Å². The fourth-order valence-electron chi connectivity index (χ4n) is 2.73. The lowest BCUT2D eigenvalue weighted by Crippen LogP contribution is -2.52. The zero-order valence-corrected chi connectivity index (χ0v) is 19.4. The molecule has 0 spiro atoms. The molecule has 0 saturated carbocycles. The van der Waals surface area contributed by atoms with E-state index in [4.69, 9.17) is 29.2 Å². The second kappa shape index (κ2) is 11.2. The van der Waals surface area contributed by atoms with E-state index in [-0.39, 0.29) is 32.7 Å². The monoisotopic (exact) mass is 442 g/mol. The number of carbonyl (C=O) groups is 3. The molecule has 1 unspecified atom stereocenters. The fraction of sp³-hybridized carbons (Fsp3) is 0.714. The minimum Gasteiger partial charge on any atom is -0.463 e. The van der Waals surface area contributed by atoms with E-state index in [9.17, 15) is 14.4 Å². The van der Waals surface area contributed by atoms with Crippen LogP contribution in [0, 0.1) is 13.8 Å². The molecule has 1 aromatic heterocycles. The number of carbonyl (C=O) groups excluding carboxylic acids is 3. The van der Waals surface area contributed by atoms with Gasteiger partial charge < -0.3 is 29.2 Å². The summed E-state index contributed by atoms with van der Waals surface area (Å²) in [6.45, 7) is 11.6. The zero-order chi connectivity index (χ0) is 23.8. The van der Waals surface area contributed by atoms with Gasteiger partial charge in [0.2, 0.25) is 0 Å². The highest BCUT2D eigenvalue weighted by Crippen LogP contribution is 2.27. The summed E-state index contributed by atoms with van der Waals surface area (Å²) in [5.41, 5.74) is 4.27. The minimum atomic E-state index is -2.11. The Balaban J connectivity index is 3.17. The number of aryl methyl sites for hydroxylation is 2. The largest absolute Gasteiger partial charge is 0.463 e. The molecular weight excluding hydrogens is 408 g/mol. The van der Waals surface area contributed by atoms with E-state index in [0.717, 1.165) is 0 Å². The number of hydrogen-bond donors (Lipinski definition) is 1. The zero-order valence-electron chi connectivity index (χ0n) is 19.4. The molecule has 0 bridgehead atoms. The number of aromatic nitrogens is 1. The Bertz CT molecular complexity index is 728. The standard InChI is InChI=1S/C21H34N2O8/c1-8-27-18(25)21(19(26)28-9-2,29-12-15-13(3)23-31-14(15)4)11-10-16(22)17(24)30-20(5,6)7/h16H,8-12,22H2,1-7H3. The predicted molar refractivity (Wildman–Crippen MR) is 110 cm³/mol. The van der Waals surface area contributed by atoms with Crippen molar-refractivity contribution >= 4 is 17.9 Å². The molecule has 10 nitrogen and oxygen atoms in total. The maximum atomic E-state index is 12.9. The Morgan fingerprint density at radius 1 is 1.06 bits per heavy atom. The Hall–Kier alpha value is -2.46. The van der Waals surface area contributed by atoms with Gasteiger partial charge in [-0.3, -0.25) is 4.79 Å². The van der Waals surface area contributed by atoms with Gasteiger partial charge in [-0.1, -0.05) is 5.16 Å². The highest BCUT2D eigenvalue weighted by Gasteiger charge is 2.51. The first-order valence-corrected chi connectivity index (χ1v) is 10.3. The third-order valence-corrected chi connectivity index (χ3v) is 4.37. The average Bonchev–Trinajstić information content (AvgIpc) is 2.98. The van der Waals surface area contributed by atoms with Crippen molar-refractivity contribution in [2.45, 2.75) is 85.2 Å². The van der Waals surface area contributed by atoms with Crippen molar-refractivity contribution in [2.24, 2.45) is 5.73 Å². The molecule has 0 aliphatic rings. The van der Waals surface area contributed by atoms with Gasteiger partial charge in [0.15, 0.2) is 0 Å². The van der Waals surface area contributed by atoms with Crippen molar-refractivity contribution in [3.05, 3.63) is 17.0 Å². The summed E-state index contributed by atoms with van der Waals surface area (Å²) in [6.07, 6.45) is -0.317. The number of rotatable bonds is 11. The van der Waals surface area contributed by atoms with Crippen LogP contribution in [-0.2, 0) is 39.9 Å². The molecule has 10 heteroatoms. The number of ether oxygens (including phenoxy) is 4. The topological polar surface area (TPSA) is 140 Å². The van der Waals surface area contributed by atoms with Crippen molar-refractivity contribution in [3.8, 4) is 0 Å². The van der Waals surface area contributed by atoms with Gasteiger partial charge in [0.05, 0.1) is 25.5 Å². The number of nitrogens with two attached hydrogens (primary N) is 1. The van der Waals surface area contributed by atoms with Crippen LogP contribution >= 0.6 is 0 Å². The SMILES string of the molecule is CCOC(=O)C(CCC(N)C(=O)OC(C)(C)C)(OCc1c(C)noc1C)C(=O)OCC. The molecule has 0 aliphatic heterocycles. The molecular formula is C21H34N2O8. The summed E-state index contributed by atoms with van der Waals surface area (Å²) >= 11 is 0. The average molecular weight is 443 g/mol. The first kappa shape index (κ1) is 26.6. The van der Waals surface area contributed by atoms with E-state index in [0.29, 0.717) is 17.0 Å². The molecule has 31 heavy (non-hydrogen) atoms. The van der Waals surface area contributed by atoms with Crippen LogP contribution in [0.3, 0.4) is 0 Å². The van der Waals surface area contributed by atoms with Crippen molar-refractivity contribution in [2.75, 3.05) is 13.2 Å². The van der Waals surface area contributed by atoms with Gasteiger partial charge in [-0.05, 0) is 54.9 Å². The van der Waals surface area contributed by atoms with Crippen LogP contribution in [0.1, 0.15) is 64.5 Å². The number of nitrogens with zero attached hydrogens (tertiary/aromatic N) is 1. The predicted octanol–water partition coefficient (Wildman–Crippen LogP) is 2.12.